The number of rotatable bonds is 4. The highest BCUT2D eigenvalue weighted by Crippen LogP contribution is 2.21. The zero-order chi connectivity index (χ0) is 15.4. The fourth-order valence-electron chi connectivity index (χ4n) is 2.42. The molecule has 0 saturated carbocycles. The van der Waals surface area contributed by atoms with Crippen molar-refractivity contribution in [2.75, 3.05) is 43.1 Å². The first-order chi connectivity index (χ1) is 10.8. The van der Waals surface area contributed by atoms with Gasteiger partial charge in [-0.1, -0.05) is 6.92 Å². The van der Waals surface area contributed by atoms with Crippen LogP contribution in [-0.4, -0.2) is 52.6 Å². The molecule has 2 aromatic heterocycles. The van der Waals surface area contributed by atoms with E-state index in [4.69, 9.17) is 4.74 Å². The molecule has 0 N–H and O–H groups in total. The van der Waals surface area contributed by atoms with Crippen molar-refractivity contribution in [3.8, 4) is 5.88 Å². The summed E-state index contributed by atoms with van der Waals surface area (Å²) < 4.78 is 9.55. The topological polar surface area (TPSA) is 67.3 Å². The zero-order valence-electron chi connectivity index (χ0n) is 12.9. The number of methoxy groups -OCH3 is 1. The zero-order valence-corrected chi connectivity index (χ0v) is 13.7. The van der Waals surface area contributed by atoms with Gasteiger partial charge in [0, 0.05) is 56.4 Å². The van der Waals surface area contributed by atoms with Gasteiger partial charge in [-0.15, -0.1) is 0 Å². The lowest BCUT2D eigenvalue weighted by molar-refractivity contribution is 0.396. The Morgan fingerprint density at radius 2 is 2.00 bits per heavy atom. The summed E-state index contributed by atoms with van der Waals surface area (Å²) in [6.07, 6.45) is 3.66. The van der Waals surface area contributed by atoms with Crippen LogP contribution in [-0.2, 0) is 6.42 Å². The monoisotopic (exact) mass is 320 g/mol. The summed E-state index contributed by atoms with van der Waals surface area (Å²) in [6, 6.07) is 1.77. The molecule has 1 aliphatic heterocycles. The van der Waals surface area contributed by atoms with Crippen LogP contribution in [0.3, 0.4) is 0 Å². The number of hydrogen-bond donors (Lipinski definition) is 0. The Morgan fingerprint density at radius 3 is 2.77 bits per heavy atom. The van der Waals surface area contributed by atoms with E-state index in [9.17, 15) is 0 Å². The predicted molar refractivity (Wildman–Crippen MR) is 86.9 cm³/mol. The van der Waals surface area contributed by atoms with E-state index in [0.29, 0.717) is 5.88 Å². The summed E-state index contributed by atoms with van der Waals surface area (Å²) in [5.41, 5.74) is 0. The molecular weight excluding hydrogens is 300 g/mol. The number of anilines is 2. The molecule has 0 spiro atoms. The van der Waals surface area contributed by atoms with E-state index < -0.39 is 0 Å². The average Bonchev–Trinajstić information content (AvgIpc) is 2.91. The van der Waals surface area contributed by atoms with Crippen molar-refractivity contribution >= 4 is 22.6 Å². The van der Waals surface area contributed by atoms with E-state index in [1.54, 1.807) is 19.4 Å². The number of aromatic nitrogens is 4. The maximum atomic E-state index is 5.18. The van der Waals surface area contributed by atoms with Crippen LogP contribution in [0.15, 0.2) is 12.3 Å². The van der Waals surface area contributed by atoms with E-state index in [1.807, 2.05) is 0 Å². The van der Waals surface area contributed by atoms with Crippen LogP contribution in [0.4, 0.5) is 11.1 Å². The van der Waals surface area contributed by atoms with Crippen molar-refractivity contribution in [1.29, 1.82) is 0 Å². The molecule has 0 aromatic carbocycles. The molecule has 7 nitrogen and oxygen atoms in total. The summed E-state index contributed by atoms with van der Waals surface area (Å²) in [6.45, 7) is 5.77. The van der Waals surface area contributed by atoms with Crippen LogP contribution in [0, 0.1) is 0 Å². The summed E-state index contributed by atoms with van der Waals surface area (Å²) in [4.78, 5) is 17.9. The first-order valence-corrected chi connectivity index (χ1v) is 8.27. The minimum atomic E-state index is 0.600. The highest BCUT2D eigenvalue weighted by atomic mass is 32.1. The Labute approximate surface area is 134 Å². The van der Waals surface area contributed by atoms with Gasteiger partial charge in [0.2, 0.25) is 17.0 Å². The molecule has 0 unspecified atom stereocenters. The second-order valence-electron chi connectivity index (χ2n) is 5.07. The second kappa shape index (κ2) is 6.87. The molecule has 1 aliphatic rings. The number of ether oxygens (including phenoxy) is 1. The largest absolute Gasteiger partial charge is 0.481 e. The summed E-state index contributed by atoms with van der Waals surface area (Å²) >= 11 is 1.49. The van der Waals surface area contributed by atoms with Crippen LogP contribution in [0.5, 0.6) is 5.88 Å². The standard InChI is InChI=1S/C14H20N6OS/c1-3-11-16-14(22-18-11)20-8-4-7-19(9-10-20)13-15-6-5-12(17-13)21-2/h5-6H,3-4,7-10H2,1-2H3. The van der Waals surface area contributed by atoms with E-state index in [1.165, 1.54) is 11.5 Å². The highest BCUT2D eigenvalue weighted by molar-refractivity contribution is 7.09. The Hall–Kier alpha value is -1.96. The van der Waals surface area contributed by atoms with Gasteiger partial charge in [0.25, 0.3) is 0 Å². The van der Waals surface area contributed by atoms with Gasteiger partial charge in [-0.25, -0.2) is 9.97 Å². The minimum Gasteiger partial charge on any atom is -0.481 e. The average molecular weight is 320 g/mol. The van der Waals surface area contributed by atoms with E-state index >= 15 is 0 Å². The smallest absolute Gasteiger partial charge is 0.228 e. The van der Waals surface area contributed by atoms with Crippen LogP contribution < -0.4 is 14.5 Å². The maximum Gasteiger partial charge on any atom is 0.228 e. The van der Waals surface area contributed by atoms with Crippen molar-refractivity contribution in [1.82, 2.24) is 19.3 Å². The number of nitrogens with zero attached hydrogens (tertiary/aromatic N) is 6. The van der Waals surface area contributed by atoms with E-state index in [-0.39, 0.29) is 0 Å². The summed E-state index contributed by atoms with van der Waals surface area (Å²) in [7, 11) is 1.62. The fraction of sp³-hybridized carbons (Fsp3) is 0.571. The van der Waals surface area contributed by atoms with Crippen molar-refractivity contribution < 1.29 is 4.74 Å². The number of hydrogen-bond acceptors (Lipinski definition) is 8. The molecule has 0 atom stereocenters. The number of aryl methyl sites for hydroxylation is 1. The van der Waals surface area contributed by atoms with Crippen molar-refractivity contribution in [3.05, 3.63) is 18.1 Å². The van der Waals surface area contributed by atoms with Gasteiger partial charge in [0.1, 0.15) is 5.82 Å². The van der Waals surface area contributed by atoms with Gasteiger partial charge >= 0.3 is 0 Å². The molecule has 22 heavy (non-hydrogen) atoms. The molecular formula is C14H20N6OS. The Bertz CT molecular complexity index is 619. The molecule has 0 amide bonds. The quantitative estimate of drug-likeness (QED) is 0.848. The first kappa shape index (κ1) is 15.0. The van der Waals surface area contributed by atoms with Crippen LogP contribution in [0.25, 0.3) is 0 Å². The van der Waals surface area contributed by atoms with Crippen LogP contribution in [0.1, 0.15) is 19.2 Å². The van der Waals surface area contributed by atoms with Gasteiger partial charge in [0.05, 0.1) is 7.11 Å². The molecule has 3 heterocycles. The second-order valence-corrected chi connectivity index (χ2v) is 5.80. The third kappa shape index (κ3) is 3.27. The van der Waals surface area contributed by atoms with Gasteiger partial charge in [0.15, 0.2) is 0 Å². The molecule has 0 bridgehead atoms. The summed E-state index contributed by atoms with van der Waals surface area (Å²) in [5.74, 6) is 2.26. The first-order valence-electron chi connectivity index (χ1n) is 7.49. The lowest BCUT2D eigenvalue weighted by Crippen LogP contribution is -2.31. The lowest BCUT2D eigenvalue weighted by atomic mass is 10.4. The van der Waals surface area contributed by atoms with Gasteiger partial charge in [-0.05, 0) is 6.42 Å². The minimum absolute atomic E-state index is 0.600. The van der Waals surface area contributed by atoms with Gasteiger partial charge in [-0.2, -0.15) is 9.36 Å². The Balaban J connectivity index is 1.68. The Morgan fingerprint density at radius 1 is 1.18 bits per heavy atom. The SMILES string of the molecule is CCc1nsc(N2CCCN(c3nccc(OC)n3)CC2)n1. The molecule has 0 aliphatic carbocycles. The van der Waals surface area contributed by atoms with Crippen molar-refractivity contribution in [2.24, 2.45) is 0 Å². The van der Waals surface area contributed by atoms with Crippen molar-refractivity contribution in [2.45, 2.75) is 19.8 Å². The van der Waals surface area contributed by atoms with Crippen LogP contribution in [0.2, 0.25) is 0 Å². The predicted octanol–water partition coefficient (Wildman–Crippen LogP) is 1.62. The summed E-state index contributed by atoms with van der Waals surface area (Å²) in [5, 5.41) is 1.02. The third-order valence-electron chi connectivity index (χ3n) is 3.65. The Kier molecular flexibility index (Phi) is 4.67. The molecule has 1 fully saturated rings. The fourth-order valence-corrected chi connectivity index (χ4v) is 3.23. The van der Waals surface area contributed by atoms with Gasteiger partial charge in [-0.3, -0.25) is 0 Å². The molecule has 3 rings (SSSR count). The normalized spacial score (nSPS) is 15.7. The van der Waals surface area contributed by atoms with E-state index in [0.717, 1.165) is 55.9 Å². The molecule has 8 heteroatoms. The molecule has 1 saturated heterocycles. The third-order valence-corrected chi connectivity index (χ3v) is 4.46. The highest BCUT2D eigenvalue weighted by Gasteiger charge is 2.19. The molecule has 118 valence electrons. The molecule has 2 aromatic rings. The van der Waals surface area contributed by atoms with Crippen molar-refractivity contribution in [3.63, 3.8) is 0 Å². The maximum absolute atomic E-state index is 5.18. The molecule has 0 radical (unpaired) electrons. The van der Waals surface area contributed by atoms with Gasteiger partial charge < -0.3 is 14.5 Å². The van der Waals surface area contributed by atoms with Crippen LogP contribution >= 0.6 is 11.5 Å². The lowest BCUT2D eigenvalue weighted by Gasteiger charge is -2.21. The van der Waals surface area contributed by atoms with E-state index in [2.05, 4.69) is 36.0 Å².